The molecule has 1 aliphatic rings. The monoisotopic (exact) mass is 577 g/mol. The lowest BCUT2D eigenvalue weighted by Gasteiger charge is -2.36. The zero-order valence-electron chi connectivity index (χ0n) is 24.9. The van der Waals surface area contributed by atoms with Crippen LogP contribution in [0.15, 0.2) is 79.3 Å². The van der Waals surface area contributed by atoms with Crippen LogP contribution in [0.2, 0.25) is 0 Å². The lowest BCUT2D eigenvalue weighted by Crippen LogP contribution is -2.46. The summed E-state index contributed by atoms with van der Waals surface area (Å²) in [6.07, 6.45) is 5.71. The summed E-state index contributed by atoms with van der Waals surface area (Å²) in [5, 5.41) is 15.6. The first kappa shape index (κ1) is 28.4. The number of benzene rings is 3. The summed E-state index contributed by atoms with van der Waals surface area (Å²) in [6, 6.07) is 22.2. The molecule has 10 heteroatoms. The molecule has 0 aliphatic carbocycles. The molecule has 222 valence electrons. The van der Waals surface area contributed by atoms with E-state index in [1.807, 2.05) is 51.9 Å². The number of hydrogen-bond acceptors (Lipinski definition) is 7. The molecule has 0 saturated carbocycles. The third kappa shape index (κ3) is 6.39. The van der Waals surface area contributed by atoms with E-state index in [9.17, 15) is 4.79 Å². The van der Waals surface area contributed by atoms with E-state index in [1.165, 1.54) is 0 Å². The number of carbonyl (C=O) groups excluding carboxylic acids is 1. The van der Waals surface area contributed by atoms with Crippen molar-refractivity contribution in [3.63, 3.8) is 0 Å². The summed E-state index contributed by atoms with van der Waals surface area (Å²) < 4.78 is 1.98. The average Bonchev–Trinajstić information content (AvgIpc) is 3.45. The highest BCUT2D eigenvalue weighted by Crippen LogP contribution is 2.26. The third-order valence-electron chi connectivity index (χ3n) is 8.17. The predicted octanol–water partition coefficient (Wildman–Crippen LogP) is 6.08. The number of rotatable bonds is 9. The molecule has 6 rings (SSSR count). The molecule has 10 nitrogen and oxygen atoms in total. The van der Waals surface area contributed by atoms with Gasteiger partial charge in [0.15, 0.2) is 0 Å². The molecule has 3 aromatic carbocycles. The van der Waals surface area contributed by atoms with Crippen molar-refractivity contribution in [2.75, 3.05) is 35.6 Å². The van der Waals surface area contributed by atoms with Gasteiger partial charge in [-0.1, -0.05) is 43.3 Å². The molecule has 4 N–H and O–H groups in total. The van der Waals surface area contributed by atoms with Gasteiger partial charge in [-0.25, -0.2) is 14.8 Å². The number of fused-ring (bicyclic) bond motifs is 2. The lowest BCUT2D eigenvalue weighted by molar-refractivity contribution is 0.172. The molecule has 43 heavy (non-hydrogen) atoms. The van der Waals surface area contributed by atoms with Gasteiger partial charge in [-0.15, -0.1) is 0 Å². The first-order chi connectivity index (χ1) is 21.0. The van der Waals surface area contributed by atoms with Gasteiger partial charge in [0.2, 0.25) is 5.95 Å². The zero-order valence-corrected chi connectivity index (χ0v) is 24.9. The minimum Gasteiger partial charge on any atom is -0.370 e. The van der Waals surface area contributed by atoms with Crippen LogP contribution in [-0.4, -0.2) is 62.3 Å². The first-order valence-electron chi connectivity index (χ1n) is 15.1. The van der Waals surface area contributed by atoms with Crippen LogP contribution in [0, 0.1) is 5.92 Å². The third-order valence-corrected chi connectivity index (χ3v) is 8.17. The number of anilines is 3. The zero-order chi connectivity index (χ0) is 29.8. The second-order valence-corrected chi connectivity index (χ2v) is 11.2. The highest BCUT2D eigenvalue weighted by atomic mass is 16.2. The Hall–Kier alpha value is -4.70. The van der Waals surface area contributed by atoms with Crippen molar-refractivity contribution in [3.05, 3.63) is 79.3 Å². The molecule has 0 bridgehead atoms. The van der Waals surface area contributed by atoms with E-state index in [0.29, 0.717) is 12.5 Å². The maximum absolute atomic E-state index is 13.3. The summed E-state index contributed by atoms with van der Waals surface area (Å²) >= 11 is 0. The fraction of sp³-hybridized carbons (Fsp3) is 0.333. The molecule has 1 fully saturated rings. The Kier molecular flexibility index (Phi) is 8.37. The van der Waals surface area contributed by atoms with E-state index >= 15 is 0 Å². The molecule has 3 atom stereocenters. The van der Waals surface area contributed by atoms with E-state index < -0.39 is 0 Å². The van der Waals surface area contributed by atoms with Gasteiger partial charge in [0, 0.05) is 36.4 Å². The van der Waals surface area contributed by atoms with Crippen molar-refractivity contribution in [2.24, 2.45) is 5.92 Å². The fourth-order valence-corrected chi connectivity index (χ4v) is 5.90. The summed E-state index contributed by atoms with van der Waals surface area (Å²) in [4.78, 5) is 29.1. The van der Waals surface area contributed by atoms with Crippen LogP contribution in [0.5, 0.6) is 0 Å². The van der Waals surface area contributed by atoms with Crippen molar-refractivity contribution in [1.82, 2.24) is 29.7 Å². The molecular formula is C33H39N9O. The highest BCUT2D eigenvalue weighted by Gasteiger charge is 2.28. The van der Waals surface area contributed by atoms with Crippen molar-refractivity contribution in [1.29, 1.82) is 0 Å². The molecule has 2 aromatic heterocycles. The van der Waals surface area contributed by atoms with Crippen molar-refractivity contribution in [3.8, 4) is 5.82 Å². The van der Waals surface area contributed by atoms with Gasteiger partial charge in [0.05, 0.1) is 22.9 Å². The maximum atomic E-state index is 13.3. The highest BCUT2D eigenvalue weighted by molar-refractivity contribution is 6.01. The summed E-state index contributed by atoms with van der Waals surface area (Å²) in [5.74, 6) is 1.57. The normalized spacial score (nSPS) is 16.6. The quantitative estimate of drug-likeness (QED) is 0.157. The van der Waals surface area contributed by atoms with Crippen molar-refractivity contribution >= 4 is 45.2 Å². The smallest absolute Gasteiger partial charge is 0.321 e. The molecule has 3 heterocycles. The van der Waals surface area contributed by atoms with Crippen molar-refractivity contribution < 1.29 is 4.79 Å². The van der Waals surface area contributed by atoms with Gasteiger partial charge in [-0.3, -0.25) is 9.88 Å². The number of aromatic nitrogens is 4. The molecule has 3 unspecified atom stereocenters. The number of hydrogen-bond donors (Lipinski definition) is 4. The summed E-state index contributed by atoms with van der Waals surface area (Å²) in [7, 11) is 0. The first-order valence-corrected chi connectivity index (χ1v) is 15.1. The van der Waals surface area contributed by atoms with Gasteiger partial charge in [-0.05, 0) is 74.9 Å². The number of piperidine rings is 1. The predicted molar refractivity (Wildman–Crippen MR) is 174 cm³/mol. The summed E-state index contributed by atoms with van der Waals surface area (Å²) in [6.45, 7) is 8.63. The van der Waals surface area contributed by atoms with E-state index in [1.54, 1.807) is 12.5 Å². The number of urea groups is 1. The SMILES string of the molecule is CCNC(C)Nc1ccc2c(c1)ncn2-c1ccnc(NC(C)C2CCCN(C(=O)Nc3cccc4ccccc34)C2)n1. The van der Waals surface area contributed by atoms with Gasteiger partial charge < -0.3 is 20.9 Å². The Labute approximate surface area is 251 Å². The van der Waals surface area contributed by atoms with E-state index in [2.05, 4.69) is 76.3 Å². The molecule has 0 radical (unpaired) electrons. The molecule has 1 saturated heterocycles. The number of nitrogens with zero attached hydrogens (tertiary/aromatic N) is 5. The van der Waals surface area contributed by atoms with Crippen LogP contribution in [0.4, 0.5) is 22.1 Å². The Bertz CT molecular complexity index is 1710. The van der Waals surface area contributed by atoms with Crippen LogP contribution in [0.25, 0.3) is 27.6 Å². The average molecular weight is 578 g/mol. The Morgan fingerprint density at radius 3 is 2.77 bits per heavy atom. The lowest BCUT2D eigenvalue weighted by atomic mass is 9.92. The summed E-state index contributed by atoms with van der Waals surface area (Å²) in [5.41, 5.74) is 3.71. The number of carbonyl (C=O) groups is 1. The standard InChI is InChI=1S/C33H39N9O/c1-4-34-23(3)38-26-14-15-30-29(19-26)36-21-42(30)31-16-17-35-32(40-31)37-22(2)25-11-8-18-41(20-25)33(43)39-28-13-7-10-24-9-5-6-12-27(24)28/h5-7,9-10,12-17,19,21-23,25,34,38H,4,8,11,18,20H2,1-3H3,(H,39,43)(H,35,37,40). The van der Waals surface area contributed by atoms with Crippen LogP contribution >= 0.6 is 0 Å². The maximum Gasteiger partial charge on any atom is 0.321 e. The second-order valence-electron chi connectivity index (χ2n) is 11.2. The van der Waals surface area contributed by atoms with Gasteiger partial charge >= 0.3 is 6.03 Å². The fourth-order valence-electron chi connectivity index (χ4n) is 5.90. The molecular weight excluding hydrogens is 538 g/mol. The van der Waals surface area contributed by atoms with Crippen LogP contribution in [0.1, 0.15) is 33.6 Å². The van der Waals surface area contributed by atoms with Crippen LogP contribution in [0.3, 0.4) is 0 Å². The Balaban J connectivity index is 1.11. The number of imidazole rings is 1. The molecule has 1 aliphatic heterocycles. The Morgan fingerprint density at radius 1 is 1.02 bits per heavy atom. The van der Waals surface area contributed by atoms with Crippen LogP contribution < -0.4 is 21.3 Å². The number of amides is 2. The van der Waals surface area contributed by atoms with Gasteiger partial charge in [0.1, 0.15) is 12.1 Å². The van der Waals surface area contributed by atoms with E-state index in [4.69, 9.17) is 4.98 Å². The number of nitrogens with one attached hydrogen (secondary N) is 4. The van der Waals surface area contributed by atoms with Gasteiger partial charge in [-0.2, -0.15) is 4.98 Å². The minimum atomic E-state index is -0.0621. The second kappa shape index (κ2) is 12.7. The topological polar surface area (TPSA) is 112 Å². The van der Waals surface area contributed by atoms with E-state index in [0.717, 1.165) is 64.9 Å². The number of likely N-dealkylation sites (tertiary alicyclic amines) is 1. The van der Waals surface area contributed by atoms with Crippen LogP contribution in [-0.2, 0) is 0 Å². The van der Waals surface area contributed by atoms with Crippen molar-refractivity contribution in [2.45, 2.75) is 45.8 Å². The minimum absolute atomic E-state index is 0.0621. The van der Waals surface area contributed by atoms with Gasteiger partial charge in [0.25, 0.3) is 0 Å². The van der Waals surface area contributed by atoms with E-state index in [-0.39, 0.29) is 24.2 Å². The molecule has 5 aromatic rings. The largest absolute Gasteiger partial charge is 0.370 e. The Morgan fingerprint density at radius 2 is 1.88 bits per heavy atom. The molecule has 0 spiro atoms. The molecule has 2 amide bonds.